The number of methoxy groups -OCH3 is 2. The lowest BCUT2D eigenvalue weighted by molar-refractivity contribution is 0.355. The summed E-state index contributed by atoms with van der Waals surface area (Å²) in [6, 6.07) is 20.2. The number of aromatic nitrogens is 2. The maximum atomic E-state index is 13.2. The van der Waals surface area contributed by atoms with Gasteiger partial charge in [-0.05, 0) is 36.4 Å². The first kappa shape index (κ1) is 19.8. The molecule has 4 rings (SSSR count). The van der Waals surface area contributed by atoms with Crippen LogP contribution in [0.4, 0.5) is 0 Å². The number of para-hydroxylation sites is 1. The van der Waals surface area contributed by atoms with Gasteiger partial charge in [-0.2, -0.15) is 9.78 Å². The van der Waals surface area contributed by atoms with Crippen molar-refractivity contribution in [3.05, 3.63) is 87.1 Å². The number of hydrogen-bond acceptors (Lipinski definition) is 5. The van der Waals surface area contributed by atoms with Crippen molar-refractivity contribution in [2.75, 3.05) is 14.2 Å². The third-order valence-electron chi connectivity index (χ3n) is 4.61. The summed E-state index contributed by atoms with van der Waals surface area (Å²) in [5.41, 5.74) is 1.86. The Morgan fingerprint density at radius 1 is 0.967 bits per heavy atom. The molecular formula is C23H18BrN3O3. The fourth-order valence-electron chi connectivity index (χ4n) is 3.09. The molecule has 150 valence electrons. The minimum Gasteiger partial charge on any atom is -0.493 e. The van der Waals surface area contributed by atoms with Crippen molar-refractivity contribution in [2.45, 2.75) is 0 Å². The van der Waals surface area contributed by atoms with Gasteiger partial charge < -0.3 is 9.47 Å². The number of fused-ring (bicyclic) bond motifs is 1. The maximum absolute atomic E-state index is 13.2. The molecule has 0 atom stereocenters. The quantitative estimate of drug-likeness (QED) is 0.401. The molecule has 30 heavy (non-hydrogen) atoms. The van der Waals surface area contributed by atoms with Gasteiger partial charge >= 0.3 is 0 Å². The summed E-state index contributed by atoms with van der Waals surface area (Å²) < 4.78 is 12.9. The zero-order valence-corrected chi connectivity index (χ0v) is 18.0. The van der Waals surface area contributed by atoms with Gasteiger partial charge in [0.05, 0.1) is 31.3 Å². The number of benzene rings is 3. The van der Waals surface area contributed by atoms with Crippen LogP contribution in [0.15, 0.2) is 81.1 Å². The van der Waals surface area contributed by atoms with E-state index < -0.39 is 0 Å². The Hall–Kier alpha value is -3.45. The van der Waals surface area contributed by atoms with Crippen molar-refractivity contribution in [2.24, 2.45) is 5.10 Å². The molecule has 0 unspecified atom stereocenters. The van der Waals surface area contributed by atoms with Crippen LogP contribution >= 0.6 is 15.9 Å². The van der Waals surface area contributed by atoms with Gasteiger partial charge in [0, 0.05) is 15.6 Å². The van der Waals surface area contributed by atoms with Crippen molar-refractivity contribution in [1.29, 1.82) is 0 Å². The topological polar surface area (TPSA) is 65.7 Å². The van der Waals surface area contributed by atoms with Crippen molar-refractivity contribution in [1.82, 2.24) is 9.66 Å². The first-order valence-electron chi connectivity index (χ1n) is 9.15. The highest BCUT2D eigenvalue weighted by Crippen LogP contribution is 2.31. The highest BCUT2D eigenvalue weighted by Gasteiger charge is 2.15. The Bertz CT molecular complexity index is 1310. The smallest absolute Gasteiger partial charge is 0.282 e. The van der Waals surface area contributed by atoms with Crippen LogP contribution in [0.25, 0.3) is 22.3 Å². The van der Waals surface area contributed by atoms with E-state index in [0.717, 1.165) is 10.0 Å². The van der Waals surface area contributed by atoms with Gasteiger partial charge in [-0.1, -0.05) is 46.3 Å². The Labute approximate surface area is 181 Å². The molecule has 0 fully saturated rings. The molecule has 0 bridgehead atoms. The number of nitrogens with zero attached hydrogens (tertiary/aromatic N) is 3. The first-order valence-corrected chi connectivity index (χ1v) is 9.94. The zero-order chi connectivity index (χ0) is 21.1. The molecule has 0 radical (unpaired) electrons. The predicted octanol–water partition coefficient (Wildman–Crippen LogP) is 4.73. The number of hydrogen-bond donors (Lipinski definition) is 0. The molecule has 1 aromatic heterocycles. The molecule has 7 heteroatoms. The second-order valence-electron chi connectivity index (χ2n) is 6.41. The van der Waals surface area contributed by atoms with Gasteiger partial charge in [0.1, 0.15) is 0 Å². The average Bonchev–Trinajstić information content (AvgIpc) is 2.79. The van der Waals surface area contributed by atoms with Crippen LogP contribution in [0.1, 0.15) is 5.56 Å². The van der Waals surface area contributed by atoms with Crippen LogP contribution in [-0.4, -0.2) is 30.1 Å². The van der Waals surface area contributed by atoms with E-state index in [1.54, 1.807) is 38.6 Å². The van der Waals surface area contributed by atoms with Gasteiger partial charge in [0.15, 0.2) is 17.3 Å². The van der Waals surface area contributed by atoms with Gasteiger partial charge in [0.25, 0.3) is 5.56 Å². The minimum absolute atomic E-state index is 0.256. The normalized spacial score (nSPS) is 11.2. The third kappa shape index (κ3) is 3.71. The van der Waals surface area contributed by atoms with E-state index >= 15 is 0 Å². The minimum atomic E-state index is -0.256. The molecular weight excluding hydrogens is 446 g/mol. The molecule has 0 aliphatic carbocycles. The van der Waals surface area contributed by atoms with E-state index in [1.165, 1.54) is 4.68 Å². The number of ether oxygens (including phenoxy) is 2. The van der Waals surface area contributed by atoms with E-state index in [1.807, 2.05) is 48.5 Å². The van der Waals surface area contributed by atoms with Crippen LogP contribution in [0.2, 0.25) is 0 Å². The fourth-order valence-corrected chi connectivity index (χ4v) is 3.48. The van der Waals surface area contributed by atoms with Gasteiger partial charge in [-0.25, -0.2) is 4.98 Å². The Kier molecular flexibility index (Phi) is 5.63. The zero-order valence-electron chi connectivity index (χ0n) is 16.4. The molecule has 0 spiro atoms. The number of rotatable bonds is 5. The monoisotopic (exact) mass is 463 g/mol. The molecule has 0 saturated heterocycles. The van der Waals surface area contributed by atoms with Crippen molar-refractivity contribution in [3.63, 3.8) is 0 Å². The Balaban J connectivity index is 1.95. The summed E-state index contributed by atoms with van der Waals surface area (Å²) in [7, 11) is 3.14. The molecule has 6 nitrogen and oxygen atoms in total. The van der Waals surface area contributed by atoms with Crippen LogP contribution in [0.5, 0.6) is 11.5 Å². The predicted molar refractivity (Wildman–Crippen MR) is 122 cm³/mol. The highest BCUT2D eigenvalue weighted by molar-refractivity contribution is 9.10. The van der Waals surface area contributed by atoms with Crippen LogP contribution in [0, 0.1) is 0 Å². The second-order valence-corrected chi connectivity index (χ2v) is 7.26. The molecule has 0 N–H and O–H groups in total. The van der Waals surface area contributed by atoms with Crippen molar-refractivity contribution in [3.8, 4) is 22.9 Å². The van der Waals surface area contributed by atoms with Crippen molar-refractivity contribution >= 4 is 33.0 Å². The summed E-state index contributed by atoms with van der Waals surface area (Å²) in [5, 5.41) is 4.97. The van der Waals surface area contributed by atoms with E-state index in [-0.39, 0.29) is 5.56 Å². The van der Waals surface area contributed by atoms with E-state index in [2.05, 4.69) is 21.0 Å². The van der Waals surface area contributed by atoms with Crippen molar-refractivity contribution < 1.29 is 9.47 Å². The third-order valence-corrected chi connectivity index (χ3v) is 5.34. The molecule has 3 aromatic carbocycles. The lowest BCUT2D eigenvalue weighted by atomic mass is 10.1. The fraction of sp³-hybridized carbons (Fsp3) is 0.0870. The molecule has 0 saturated carbocycles. The van der Waals surface area contributed by atoms with E-state index in [9.17, 15) is 4.79 Å². The molecule has 4 aromatic rings. The number of halogens is 1. The largest absolute Gasteiger partial charge is 0.493 e. The Morgan fingerprint density at radius 3 is 2.47 bits per heavy atom. The van der Waals surface area contributed by atoms with Crippen LogP contribution in [0.3, 0.4) is 0 Å². The molecule has 0 aliphatic rings. The molecule has 1 heterocycles. The SMILES string of the molecule is COc1ccc(-c2nc3ccccc3c(=O)n2N=Cc2ccccc2Br)cc1OC. The summed E-state index contributed by atoms with van der Waals surface area (Å²) >= 11 is 3.50. The van der Waals surface area contributed by atoms with Crippen LogP contribution < -0.4 is 15.0 Å². The lowest BCUT2D eigenvalue weighted by Crippen LogP contribution is -2.20. The summed E-state index contributed by atoms with van der Waals surface area (Å²) in [6.45, 7) is 0. The maximum Gasteiger partial charge on any atom is 0.282 e. The summed E-state index contributed by atoms with van der Waals surface area (Å²) in [6.07, 6.45) is 1.63. The lowest BCUT2D eigenvalue weighted by Gasteiger charge is -2.12. The molecule has 0 aliphatic heterocycles. The first-order chi connectivity index (χ1) is 14.6. The van der Waals surface area contributed by atoms with E-state index in [0.29, 0.717) is 33.8 Å². The molecule has 0 amide bonds. The highest BCUT2D eigenvalue weighted by atomic mass is 79.9. The van der Waals surface area contributed by atoms with Gasteiger partial charge in [0.2, 0.25) is 0 Å². The summed E-state index contributed by atoms with van der Waals surface area (Å²) in [4.78, 5) is 18.0. The van der Waals surface area contributed by atoms with Crippen LogP contribution in [-0.2, 0) is 0 Å². The van der Waals surface area contributed by atoms with Gasteiger partial charge in [-0.3, -0.25) is 4.79 Å². The van der Waals surface area contributed by atoms with E-state index in [4.69, 9.17) is 14.5 Å². The Morgan fingerprint density at radius 2 is 1.70 bits per heavy atom. The summed E-state index contributed by atoms with van der Waals surface area (Å²) in [5.74, 6) is 1.54. The second kappa shape index (κ2) is 8.51. The standard InChI is InChI=1S/C23H18BrN3O3/c1-29-20-12-11-15(13-21(20)30-2)22-26-19-10-6-4-8-17(19)23(28)27(22)25-14-16-7-3-5-9-18(16)24/h3-14H,1-2H3. The van der Waals surface area contributed by atoms with Gasteiger partial charge in [-0.15, -0.1) is 0 Å². The average molecular weight is 464 g/mol.